The molecule has 1 aromatic heterocycles. The lowest BCUT2D eigenvalue weighted by atomic mass is 9.96. The SMILES string of the molecule is CN(C1CCCCC1)S(=O)(=O)c1ccc(S(=O)(=O)N(Cc2cccs2)CC2CCCO2)cc1. The van der Waals surface area contributed by atoms with Gasteiger partial charge in [0, 0.05) is 37.7 Å². The average Bonchev–Trinajstić information content (AvgIpc) is 3.53. The Morgan fingerprint density at radius 3 is 2.15 bits per heavy atom. The summed E-state index contributed by atoms with van der Waals surface area (Å²) in [5.41, 5.74) is 0. The van der Waals surface area contributed by atoms with Gasteiger partial charge in [0.1, 0.15) is 0 Å². The first-order chi connectivity index (χ1) is 15.8. The monoisotopic (exact) mass is 512 g/mol. The predicted molar refractivity (Wildman–Crippen MR) is 129 cm³/mol. The number of benzene rings is 1. The third-order valence-electron chi connectivity index (χ3n) is 6.57. The minimum Gasteiger partial charge on any atom is -0.377 e. The number of ether oxygens (including phenoxy) is 1. The molecule has 2 aliphatic rings. The Bertz CT molecular complexity index is 1100. The number of hydrogen-bond donors (Lipinski definition) is 0. The molecule has 0 spiro atoms. The maximum atomic E-state index is 13.5. The second-order valence-corrected chi connectivity index (χ2v) is 13.8. The fourth-order valence-electron chi connectivity index (χ4n) is 4.58. The zero-order valence-electron chi connectivity index (χ0n) is 18.9. The van der Waals surface area contributed by atoms with E-state index in [0.717, 1.165) is 49.8 Å². The fraction of sp³-hybridized carbons (Fsp3) is 0.565. The van der Waals surface area contributed by atoms with Crippen molar-refractivity contribution in [3.05, 3.63) is 46.7 Å². The van der Waals surface area contributed by atoms with Crippen molar-refractivity contribution in [1.82, 2.24) is 8.61 Å². The van der Waals surface area contributed by atoms with Crippen LogP contribution < -0.4 is 0 Å². The molecule has 0 amide bonds. The standard InChI is InChI=1S/C23H32N2O5S3/c1-24(19-7-3-2-4-8-19)32(26,27)22-11-13-23(14-12-22)33(28,29)25(17-20-9-5-15-30-20)18-21-10-6-16-31-21/h6,10-14,16,19-20H,2-5,7-9,15,17-18H2,1H3. The minimum atomic E-state index is -3.82. The first kappa shape index (κ1) is 24.8. The van der Waals surface area contributed by atoms with Crippen molar-refractivity contribution in [3.63, 3.8) is 0 Å². The highest BCUT2D eigenvalue weighted by Gasteiger charge is 2.32. The summed E-state index contributed by atoms with van der Waals surface area (Å²) in [6.45, 7) is 1.20. The highest BCUT2D eigenvalue weighted by Crippen LogP contribution is 2.28. The van der Waals surface area contributed by atoms with E-state index in [1.54, 1.807) is 7.05 Å². The third kappa shape index (κ3) is 5.68. The highest BCUT2D eigenvalue weighted by molar-refractivity contribution is 7.89. The van der Waals surface area contributed by atoms with E-state index >= 15 is 0 Å². The van der Waals surface area contributed by atoms with Gasteiger partial charge in [-0.3, -0.25) is 0 Å². The average molecular weight is 513 g/mol. The number of rotatable bonds is 9. The van der Waals surface area contributed by atoms with Gasteiger partial charge in [-0.2, -0.15) is 8.61 Å². The highest BCUT2D eigenvalue weighted by atomic mass is 32.2. The predicted octanol–water partition coefficient (Wildman–Crippen LogP) is 4.07. The Morgan fingerprint density at radius 2 is 1.58 bits per heavy atom. The van der Waals surface area contributed by atoms with Gasteiger partial charge in [-0.15, -0.1) is 11.3 Å². The van der Waals surface area contributed by atoms with Crippen molar-refractivity contribution < 1.29 is 21.6 Å². The molecule has 1 aliphatic heterocycles. The van der Waals surface area contributed by atoms with E-state index in [0.29, 0.717) is 6.61 Å². The van der Waals surface area contributed by atoms with E-state index in [-0.39, 0.29) is 35.0 Å². The van der Waals surface area contributed by atoms with Gasteiger partial charge in [0.25, 0.3) is 0 Å². The molecule has 1 saturated carbocycles. The Hall–Kier alpha value is -1.30. The number of thiophene rings is 1. The Labute approximate surface area is 201 Å². The van der Waals surface area contributed by atoms with Gasteiger partial charge in [-0.1, -0.05) is 25.3 Å². The van der Waals surface area contributed by atoms with Crippen molar-refractivity contribution in [2.45, 2.75) is 73.4 Å². The number of sulfonamides is 2. The fourth-order valence-corrected chi connectivity index (χ4v) is 8.25. The molecule has 33 heavy (non-hydrogen) atoms. The van der Waals surface area contributed by atoms with Crippen LogP contribution >= 0.6 is 11.3 Å². The van der Waals surface area contributed by atoms with Crippen molar-refractivity contribution >= 4 is 31.4 Å². The molecule has 2 fully saturated rings. The smallest absolute Gasteiger partial charge is 0.243 e. The quantitative estimate of drug-likeness (QED) is 0.506. The van der Waals surface area contributed by atoms with Gasteiger partial charge < -0.3 is 4.74 Å². The number of nitrogens with zero attached hydrogens (tertiary/aromatic N) is 2. The van der Waals surface area contributed by atoms with Gasteiger partial charge in [-0.05, 0) is 61.4 Å². The Balaban J connectivity index is 1.55. The lowest BCUT2D eigenvalue weighted by molar-refractivity contribution is 0.0927. The van der Waals surface area contributed by atoms with Crippen LogP contribution in [0.2, 0.25) is 0 Å². The van der Waals surface area contributed by atoms with Crippen LogP contribution in [0.15, 0.2) is 51.6 Å². The van der Waals surface area contributed by atoms with Gasteiger partial charge in [0.15, 0.2) is 0 Å². The summed E-state index contributed by atoms with van der Waals surface area (Å²) < 4.78 is 61.8. The molecule has 0 radical (unpaired) electrons. The molecular weight excluding hydrogens is 480 g/mol. The molecule has 10 heteroatoms. The topological polar surface area (TPSA) is 84.0 Å². The zero-order valence-corrected chi connectivity index (χ0v) is 21.4. The van der Waals surface area contributed by atoms with Crippen LogP contribution in [0.1, 0.15) is 49.8 Å². The van der Waals surface area contributed by atoms with Gasteiger partial charge in [-0.25, -0.2) is 16.8 Å². The van der Waals surface area contributed by atoms with Gasteiger partial charge >= 0.3 is 0 Å². The third-order valence-corrected chi connectivity index (χ3v) is 11.2. The molecule has 2 heterocycles. The molecule has 0 bridgehead atoms. The second-order valence-electron chi connectivity index (χ2n) is 8.80. The molecule has 182 valence electrons. The molecule has 1 saturated heterocycles. The van der Waals surface area contributed by atoms with Crippen molar-refractivity contribution in [2.24, 2.45) is 0 Å². The molecule has 1 aromatic carbocycles. The van der Waals surface area contributed by atoms with Crippen LogP contribution in [0.25, 0.3) is 0 Å². The molecule has 0 N–H and O–H groups in total. The van der Waals surface area contributed by atoms with Crippen LogP contribution in [0.4, 0.5) is 0 Å². The van der Waals surface area contributed by atoms with E-state index < -0.39 is 20.0 Å². The van der Waals surface area contributed by atoms with Crippen LogP contribution in [0.3, 0.4) is 0 Å². The van der Waals surface area contributed by atoms with Crippen molar-refractivity contribution in [2.75, 3.05) is 20.2 Å². The first-order valence-corrected chi connectivity index (χ1v) is 15.3. The summed E-state index contributed by atoms with van der Waals surface area (Å²) in [5, 5.41) is 1.93. The van der Waals surface area contributed by atoms with Crippen LogP contribution in [-0.2, 0) is 31.3 Å². The molecule has 7 nitrogen and oxygen atoms in total. The van der Waals surface area contributed by atoms with Gasteiger partial charge in [0.05, 0.1) is 15.9 Å². The van der Waals surface area contributed by atoms with E-state index in [4.69, 9.17) is 4.74 Å². The molecule has 1 aliphatic carbocycles. The molecule has 4 rings (SSSR count). The van der Waals surface area contributed by atoms with Crippen LogP contribution in [0.5, 0.6) is 0 Å². The molecule has 2 aromatic rings. The summed E-state index contributed by atoms with van der Waals surface area (Å²) in [6.07, 6.45) is 6.58. The van der Waals surface area contributed by atoms with Crippen LogP contribution in [-0.4, -0.2) is 57.8 Å². The van der Waals surface area contributed by atoms with Gasteiger partial charge in [0.2, 0.25) is 20.0 Å². The van der Waals surface area contributed by atoms with Crippen molar-refractivity contribution in [3.8, 4) is 0 Å². The Kier molecular flexibility index (Phi) is 7.92. The summed E-state index contributed by atoms with van der Waals surface area (Å²) in [6, 6.07) is 9.47. The van der Waals surface area contributed by atoms with E-state index in [1.165, 1.54) is 44.2 Å². The van der Waals surface area contributed by atoms with Crippen LogP contribution in [0, 0.1) is 0 Å². The Morgan fingerprint density at radius 1 is 0.909 bits per heavy atom. The summed E-state index contributed by atoms with van der Waals surface area (Å²) in [4.78, 5) is 1.17. The normalized spacial score (nSPS) is 20.6. The lowest BCUT2D eigenvalue weighted by Gasteiger charge is -2.30. The second kappa shape index (κ2) is 10.5. The largest absolute Gasteiger partial charge is 0.377 e. The molecular formula is C23H32N2O5S3. The zero-order chi connectivity index (χ0) is 23.5. The maximum absolute atomic E-state index is 13.5. The maximum Gasteiger partial charge on any atom is 0.243 e. The number of hydrogen-bond acceptors (Lipinski definition) is 6. The lowest BCUT2D eigenvalue weighted by Crippen LogP contribution is -2.38. The van der Waals surface area contributed by atoms with E-state index in [1.807, 2.05) is 17.5 Å². The summed E-state index contributed by atoms with van der Waals surface area (Å²) in [7, 11) is -5.86. The minimum absolute atomic E-state index is 0.000131. The summed E-state index contributed by atoms with van der Waals surface area (Å²) in [5.74, 6) is 0. The molecule has 1 atom stereocenters. The van der Waals surface area contributed by atoms with Crippen molar-refractivity contribution in [1.29, 1.82) is 0 Å². The van der Waals surface area contributed by atoms with E-state index in [9.17, 15) is 16.8 Å². The first-order valence-electron chi connectivity index (χ1n) is 11.5. The van der Waals surface area contributed by atoms with E-state index in [2.05, 4.69) is 0 Å². The summed E-state index contributed by atoms with van der Waals surface area (Å²) >= 11 is 1.51. The molecule has 1 unspecified atom stereocenters.